The Morgan fingerprint density at radius 3 is 2.59 bits per heavy atom. The summed E-state index contributed by atoms with van der Waals surface area (Å²) >= 11 is 0. The van der Waals surface area contributed by atoms with Gasteiger partial charge in [0.2, 0.25) is 5.82 Å². The third kappa shape index (κ3) is 3.01. The van der Waals surface area contributed by atoms with Crippen LogP contribution in [0.2, 0.25) is 0 Å². The largest absolute Gasteiger partial charge is 0.493 e. The molecule has 0 bridgehead atoms. The number of nitrogens with zero attached hydrogens (tertiary/aromatic N) is 4. The fourth-order valence-electron chi connectivity index (χ4n) is 3.15. The minimum Gasteiger partial charge on any atom is -0.493 e. The number of aromatic nitrogens is 2. The lowest BCUT2D eigenvalue weighted by atomic mass is 10.2. The third-order valence-electron chi connectivity index (χ3n) is 4.37. The van der Waals surface area contributed by atoms with Gasteiger partial charge in [0.1, 0.15) is 6.33 Å². The van der Waals surface area contributed by atoms with E-state index in [4.69, 9.17) is 9.47 Å². The van der Waals surface area contributed by atoms with Crippen LogP contribution in [0.3, 0.4) is 0 Å². The number of para-hydroxylation sites is 3. The molecule has 27 heavy (non-hydrogen) atoms. The van der Waals surface area contributed by atoms with Crippen LogP contribution in [0.15, 0.2) is 54.9 Å². The molecule has 0 aliphatic carbocycles. The summed E-state index contributed by atoms with van der Waals surface area (Å²) in [6.07, 6.45) is 2.06. The molecule has 2 aromatic carbocycles. The molecule has 1 aromatic heterocycles. The van der Waals surface area contributed by atoms with Crippen LogP contribution in [0.4, 0.5) is 17.2 Å². The Labute approximate surface area is 155 Å². The Kier molecular flexibility index (Phi) is 4.29. The van der Waals surface area contributed by atoms with E-state index in [1.165, 1.54) is 13.4 Å². The van der Waals surface area contributed by atoms with E-state index in [9.17, 15) is 10.1 Å². The molecule has 0 atom stereocenters. The lowest BCUT2D eigenvalue weighted by Gasteiger charge is -2.18. The van der Waals surface area contributed by atoms with Crippen molar-refractivity contribution in [1.29, 1.82) is 0 Å². The molecule has 0 fully saturated rings. The Morgan fingerprint density at radius 2 is 1.81 bits per heavy atom. The smallest absolute Gasteiger partial charge is 0.373 e. The summed E-state index contributed by atoms with van der Waals surface area (Å²) in [5.41, 5.74) is 1.75. The number of fused-ring (bicyclic) bond motifs is 1. The number of benzene rings is 2. The molecule has 1 aliphatic heterocycles. The fourth-order valence-corrected chi connectivity index (χ4v) is 3.15. The highest BCUT2D eigenvalue weighted by molar-refractivity contribution is 5.75. The molecule has 2 heterocycles. The molecule has 8 heteroatoms. The average Bonchev–Trinajstić information content (AvgIpc) is 3.12. The van der Waals surface area contributed by atoms with Crippen molar-refractivity contribution in [2.75, 3.05) is 18.6 Å². The van der Waals surface area contributed by atoms with Gasteiger partial charge >= 0.3 is 11.6 Å². The highest BCUT2D eigenvalue weighted by atomic mass is 16.6. The van der Waals surface area contributed by atoms with Gasteiger partial charge in [0.15, 0.2) is 11.5 Å². The molecule has 4 rings (SSSR count). The molecule has 0 N–H and O–H groups in total. The number of ether oxygens (including phenoxy) is 2. The minimum atomic E-state index is -0.513. The monoisotopic (exact) mass is 364 g/mol. The summed E-state index contributed by atoms with van der Waals surface area (Å²) in [4.78, 5) is 21.3. The van der Waals surface area contributed by atoms with Crippen LogP contribution in [-0.4, -0.2) is 28.5 Å². The van der Waals surface area contributed by atoms with E-state index in [0.29, 0.717) is 18.0 Å². The molecule has 0 radical (unpaired) electrons. The number of hydrogen-bond donors (Lipinski definition) is 0. The van der Waals surface area contributed by atoms with E-state index in [0.717, 1.165) is 17.7 Å². The van der Waals surface area contributed by atoms with Crippen LogP contribution in [0, 0.1) is 10.1 Å². The molecule has 3 aromatic rings. The SMILES string of the molecule is COc1ccccc1Oc1ncnc(N2CCc3ccccc32)c1[N+](=O)[O-]. The summed E-state index contributed by atoms with van der Waals surface area (Å²) in [6.45, 7) is 0.602. The van der Waals surface area contributed by atoms with Gasteiger partial charge in [-0.05, 0) is 30.2 Å². The summed E-state index contributed by atoms with van der Waals surface area (Å²) in [6, 6.07) is 14.7. The van der Waals surface area contributed by atoms with Crippen molar-refractivity contribution in [3.63, 3.8) is 0 Å². The van der Waals surface area contributed by atoms with E-state index in [1.807, 2.05) is 29.2 Å². The first-order chi connectivity index (χ1) is 13.2. The van der Waals surface area contributed by atoms with Gasteiger partial charge in [-0.1, -0.05) is 30.3 Å². The fraction of sp³-hybridized carbons (Fsp3) is 0.158. The van der Waals surface area contributed by atoms with Crippen molar-refractivity contribution in [3.05, 3.63) is 70.5 Å². The summed E-state index contributed by atoms with van der Waals surface area (Å²) in [5.74, 6) is 0.886. The van der Waals surface area contributed by atoms with Gasteiger partial charge in [0.25, 0.3) is 0 Å². The lowest BCUT2D eigenvalue weighted by Crippen LogP contribution is -2.17. The third-order valence-corrected chi connectivity index (χ3v) is 4.37. The number of anilines is 2. The molecule has 0 unspecified atom stereocenters. The molecule has 8 nitrogen and oxygen atoms in total. The van der Waals surface area contributed by atoms with Gasteiger partial charge in [0, 0.05) is 12.2 Å². The van der Waals surface area contributed by atoms with Crippen LogP contribution in [-0.2, 0) is 6.42 Å². The molecule has 0 saturated carbocycles. The van der Waals surface area contributed by atoms with Gasteiger partial charge in [-0.3, -0.25) is 10.1 Å². The molecular weight excluding hydrogens is 348 g/mol. The van der Waals surface area contributed by atoms with E-state index in [-0.39, 0.29) is 17.4 Å². The van der Waals surface area contributed by atoms with Crippen molar-refractivity contribution in [2.24, 2.45) is 0 Å². The number of rotatable bonds is 5. The van der Waals surface area contributed by atoms with Crippen LogP contribution < -0.4 is 14.4 Å². The predicted octanol–water partition coefficient (Wildman–Crippen LogP) is 3.88. The maximum Gasteiger partial charge on any atom is 0.373 e. The molecule has 0 saturated heterocycles. The lowest BCUT2D eigenvalue weighted by molar-refractivity contribution is -0.385. The molecule has 0 spiro atoms. The van der Waals surface area contributed by atoms with Crippen molar-refractivity contribution < 1.29 is 14.4 Å². The first kappa shape index (κ1) is 16.8. The van der Waals surface area contributed by atoms with E-state index in [2.05, 4.69) is 9.97 Å². The van der Waals surface area contributed by atoms with Crippen LogP contribution in [0.25, 0.3) is 0 Å². The quantitative estimate of drug-likeness (QED) is 0.501. The highest BCUT2D eigenvalue weighted by Gasteiger charge is 2.32. The molecule has 1 aliphatic rings. The van der Waals surface area contributed by atoms with Crippen molar-refractivity contribution in [3.8, 4) is 17.4 Å². The molecular formula is C19H16N4O4. The van der Waals surface area contributed by atoms with Gasteiger partial charge in [-0.2, -0.15) is 4.98 Å². The first-order valence-corrected chi connectivity index (χ1v) is 8.34. The average molecular weight is 364 g/mol. The summed E-state index contributed by atoms with van der Waals surface area (Å²) < 4.78 is 11.0. The Morgan fingerprint density at radius 1 is 1.07 bits per heavy atom. The zero-order valence-corrected chi connectivity index (χ0v) is 14.5. The zero-order chi connectivity index (χ0) is 18.8. The Bertz CT molecular complexity index is 1010. The summed E-state index contributed by atoms with van der Waals surface area (Å²) in [5, 5.41) is 11.8. The predicted molar refractivity (Wildman–Crippen MR) is 98.9 cm³/mol. The van der Waals surface area contributed by atoms with Crippen molar-refractivity contribution in [1.82, 2.24) is 9.97 Å². The zero-order valence-electron chi connectivity index (χ0n) is 14.5. The van der Waals surface area contributed by atoms with Gasteiger partial charge < -0.3 is 14.4 Å². The molecule has 0 amide bonds. The van der Waals surface area contributed by atoms with Gasteiger partial charge in [-0.25, -0.2) is 4.98 Å². The first-order valence-electron chi connectivity index (χ1n) is 8.34. The van der Waals surface area contributed by atoms with Crippen LogP contribution >= 0.6 is 0 Å². The Hall–Kier alpha value is -3.68. The van der Waals surface area contributed by atoms with Gasteiger partial charge in [0.05, 0.1) is 12.0 Å². The summed E-state index contributed by atoms with van der Waals surface area (Å²) in [7, 11) is 1.50. The maximum atomic E-state index is 11.8. The molecule has 136 valence electrons. The number of nitro groups is 1. The highest BCUT2D eigenvalue weighted by Crippen LogP contribution is 2.43. The minimum absolute atomic E-state index is 0.126. The van der Waals surface area contributed by atoms with Gasteiger partial charge in [-0.15, -0.1) is 0 Å². The van der Waals surface area contributed by atoms with E-state index in [1.54, 1.807) is 24.3 Å². The Balaban J connectivity index is 1.79. The standard InChI is InChI=1S/C19H16N4O4/c1-26-15-8-4-5-9-16(15)27-19-17(23(24)25)18(20-12-21-19)22-11-10-13-6-2-3-7-14(13)22/h2-9,12H,10-11H2,1H3. The maximum absolute atomic E-state index is 11.8. The number of methoxy groups -OCH3 is 1. The second-order valence-electron chi connectivity index (χ2n) is 5.89. The topological polar surface area (TPSA) is 90.6 Å². The van der Waals surface area contributed by atoms with E-state index < -0.39 is 4.92 Å². The normalized spacial score (nSPS) is 12.6. The van der Waals surface area contributed by atoms with Crippen LogP contribution in [0.5, 0.6) is 17.4 Å². The number of hydrogen-bond acceptors (Lipinski definition) is 7. The van der Waals surface area contributed by atoms with Crippen molar-refractivity contribution in [2.45, 2.75) is 6.42 Å². The second kappa shape index (κ2) is 6.91. The van der Waals surface area contributed by atoms with Crippen molar-refractivity contribution >= 4 is 17.2 Å². The van der Waals surface area contributed by atoms with Crippen LogP contribution in [0.1, 0.15) is 5.56 Å². The second-order valence-corrected chi connectivity index (χ2v) is 5.89. The van der Waals surface area contributed by atoms with E-state index >= 15 is 0 Å².